The summed E-state index contributed by atoms with van der Waals surface area (Å²) in [6.07, 6.45) is -0.355. The summed E-state index contributed by atoms with van der Waals surface area (Å²) in [5.74, 6) is -0.421. The lowest BCUT2D eigenvalue weighted by atomic mass is 9.88. The molecule has 1 atom stereocenters. The van der Waals surface area contributed by atoms with E-state index < -0.39 is 11.5 Å². The summed E-state index contributed by atoms with van der Waals surface area (Å²) in [6.45, 7) is 4.36. The second kappa shape index (κ2) is 8.00. The number of para-hydroxylation sites is 2. The molecule has 158 valence electrons. The number of ketones is 1. The minimum atomic E-state index is -1.92. The molecule has 3 aromatic carbocycles. The number of ether oxygens (including phenoxy) is 1. The van der Waals surface area contributed by atoms with E-state index in [1.165, 1.54) is 7.11 Å². The highest BCUT2D eigenvalue weighted by Gasteiger charge is 2.51. The minimum absolute atomic E-state index is 0.327. The number of aliphatic hydroxyl groups is 1. The third-order valence-electron chi connectivity index (χ3n) is 5.89. The molecule has 1 aliphatic rings. The lowest BCUT2D eigenvalue weighted by molar-refractivity contribution is -0.136. The molecule has 0 aromatic heterocycles. The van der Waals surface area contributed by atoms with Crippen LogP contribution < -0.4 is 9.64 Å². The molecule has 5 heteroatoms. The van der Waals surface area contributed by atoms with Crippen LogP contribution in [0.15, 0.2) is 66.7 Å². The maximum Gasteiger partial charge on any atom is 0.264 e. The molecule has 4 rings (SSSR count). The van der Waals surface area contributed by atoms with Crippen LogP contribution in [0, 0.1) is 13.8 Å². The number of amides is 1. The molecular formula is C26H25NO4. The molecule has 1 aliphatic heterocycles. The van der Waals surface area contributed by atoms with Gasteiger partial charge in [-0.15, -0.1) is 0 Å². The Bertz CT molecular complexity index is 1170. The molecule has 0 saturated carbocycles. The predicted molar refractivity (Wildman–Crippen MR) is 119 cm³/mol. The van der Waals surface area contributed by atoms with Gasteiger partial charge in [0, 0.05) is 5.56 Å². The molecule has 0 aliphatic carbocycles. The fourth-order valence-electron chi connectivity index (χ4n) is 4.23. The van der Waals surface area contributed by atoms with Crippen LogP contribution in [0.2, 0.25) is 0 Å². The van der Waals surface area contributed by atoms with Gasteiger partial charge in [-0.2, -0.15) is 0 Å². The number of aryl methyl sites for hydroxylation is 2. The Hall–Kier alpha value is -3.44. The first-order valence-corrected chi connectivity index (χ1v) is 10.2. The van der Waals surface area contributed by atoms with Gasteiger partial charge in [-0.25, -0.2) is 0 Å². The lowest BCUT2D eigenvalue weighted by Gasteiger charge is -2.23. The summed E-state index contributed by atoms with van der Waals surface area (Å²) in [6, 6.07) is 20.0. The zero-order valence-corrected chi connectivity index (χ0v) is 17.9. The lowest BCUT2D eigenvalue weighted by Crippen LogP contribution is -2.41. The summed E-state index contributed by atoms with van der Waals surface area (Å²) < 4.78 is 5.29. The maximum absolute atomic E-state index is 13.5. The molecule has 31 heavy (non-hydrogen) atoms. The summed E-state index contributed by atoms with van der Waals surface area (Å²) in [7, 11) is 1.49. The predicted octanol–water partition coefficient (Wildman–Crippen LogP) is 4.32. The fraction of sp³-hybridized carbons (Fsp3) is 0.231. The molecule has 0 bridgehead atoms. The van der Waals surface area contributed by atoms with Crippen LogP contribution in [0.1, 0.15) is 39.0 Å². The van der Waals surface area contributed by atoms with Crippen LogP contribution in [0.25, 0.3) is 0 Å². The number of fused-ring (bicyclic) bond motifs is 1. The number of rotatable bonds is 6. The summed E-state index contributed by atoms with van der Waals surface area (Å²) in [5.41, 5.74) is 2.72. The average Bonchev–Trinajstić information content (AvgIpc) is 2.97. The molecule has 5 nitrogen and oxygen atoms in total. The quantitative estimate of drug-likeness (QED) is 0.609. The van der Waals surface area contributed by atoms with Crippen LogP contribution in [-0.4, -0.2) is 23.9 Å². The van der Waals surface area contributed by atoms with Gasteiger partial charge in [-0.05, 0) is 43.2 Å². The van der Waals surface area contributed by atoms with Crippen LogP contribution >= 0.6 is 0 Å². The minimum Gasteiger partial charge on any atom is -0.496 e. The van der Waals surface area contributed by atoms with Gasteiger partial charge in [0.05, 0.1) is 31.3 Å². The van der Waals surface area contributed by atoms with Gasteiger partial charge in [-0.3, -0.25) is 9.59 Å². The van der Waals surface area contributed by atoms with Crippen molar-refractivity contribution in [2.75, 3.05) is 12.0 Å². The third kappa shape index (κ3) is 3.62. The highest BCUT2D eigenvalue weighted by Crippen LogP contribution is 2.44. The van der Waals surface area contributed by atoms with Crippen LogP contribution in [0.5, 0.6) is 5.75 Å². The van der Waals surface area contributed by atoms with E-state index in [9.17, 15) is 14.7 Å². The Labute approximate surface area is 181 Å². The smallest absolute Gasteiger partial charge is 0.264 e. The number of carbonyl (C=O) groups excluding carboxylic acids is 2. The first kappa shape index (κ1) is 20.8. The number of Topliss-reactive ketones (excluding diaryl/α,β-unsaturated/α-hetero) is 1. The molecule has 0 radical (unpaired) electrons. The largest absolute Gasteiger partial charge is 0.496 e. The molecule has 1 heterocycles. The van der Waals surface area contributed by atoms with E-state index in [-0.39, 0.29) is 12.2 Å². The van der Waals surface area contributed by atoms with Gasteiger partial charge in [0.15, 0.2) is 11.4 Å². The Morgan fingerprint density at radius 3 is 2.48 bits per heavy atom. The van der Waals surface area contributed by atoms with E-state index in [1.54, 1.807) is 41.3 Å². The molecular weight excluding hydrogens is 390 g/mol. The third-order valence-corrected chi connectivity index (χ3v) is 5.89. The van der Waals surface area contributed by atoms with Gasteiger partial charge >= 0.3 is 0 Å². The molecule has 3 aromatic rings. The van der Waals surface area contributed by atoms with Crippen molar-refractivity contribution in [1.82, 2.24) is 0 Å². The number of anilines is 1. The second-order valence-corrected chi connectivity index (χ2v) is 8.00. The Balaban J connectivity index is 1.70. The highest BCUT2D eigenvalue weighted by atomic mass is 16.5. The number of methoxy groups -OCH3 is 1. The number of carbonyl (C=O) groups is 2. The zero-order valence-electron chi connectivity index (χ0n) is 17.9. The van der Waals surface area contributed by atoms with Gasteiger partial charge in [0.25, 0.3) is 5.91 Å². The SMILES string of the molecule is COc1ccccc1C(=O)CC1(O)C(=O)N(Cc2ccc(C)cc2C)c2ccccc21. The van der Waals surface area contributed by atoms with E-state index in [0.29, 0.717) is 29.1 Å². The van der Waals surface area contributed by atoms with Crippen molar-refractivity contribution in [2.45, 2.75) is 32.4 Å². The van der Waals surface area contributed by atoms with Gasteiger partial charge in [0.2, 0.25) is 0 Å². The van der Waals surface area contributed by atoms with Gasteiger partial charge in [0.1, 0.15) is 5.75 Å². The number of nitrogens with zero attached hydrogens (tertiary/aromatic N) is 1. The maximum atomic E-state index is 13.5. The molecule has 1 amide bonds. The van der Waals surface area contributed by atoms with Crippen LogP contribution in [0.4, 0.5) is 5.69 Å². The molecule has 0 fully saturated rings. The molecule has 0 saturated heterocycles. The molecule has 1 unspecified atom stereocenters. The van der Waals surface area contributed by atoms with Crippen molar-refractivity contribution in [1.29, 1.82) is 0 Å². The zero-order chi connectivity index (χ0) is 22.2. The van der Waals surface area contributed by atoms with E-state index in [1.807, 2.05) is 38.1 Å². The van der Waals surface area contributed by atoms with E-state index in [2.05, 4.69) is 6.07 Å². The van der Waals surface area contributed by atoms with E-state index in [4.69, 9.17) is 4.74 Å². The molecule has 1 N–H and O–H groups in total. The Morgan fingerprint density at radius 2 is 1.74 bits per heavy atom. The number of hydrogen-bond donors (Lipinski definition) is 1. The fourth-order valence-corrected chi connectivity index (χ4v) is 4.23. The summed E-state index contributed by atoms with van der Waals surface area (Å²) >= 11 is 0. The average molecular weight is 415 g/mol. The van der Waals surface area contributed by atoms with Crippen LogP contribution in [-0.2, 0) is 16.9 Å². The van der Waals surface area contributed by atoms with Crippen molar-refractivity contribution in [3.63, 3.8) is 0 Å². The monoisotopic (exact) mass is 415 g/mol. The highest BCUT2D eigenvalue weighted by molar-refractivity contribution is 6.11. The standard InChI is InChI=1S/C26H25NO4/c1-17-12-13-19(18(2)14-17)16-27-22-10-6-5-9-21(22)26(30,25(27)29)15-23(28)20-8-4-7-11-24(20)31-3/h4-14,30H,15-16H2,1-3H3. The van der Waals surface area contributed by atoms with Crippen molar-refractivity contribution >= 4 is 17.4 Å². The topological polar surface area (TPSA) is 66.8 Å². The first-order chi connectivity index (χ1) is 14.8. The Kier molecular flexibility index (Phi) is 5.38. The van der Waals surface area contributed by atoms with Crippen molar-refractivity contribution in [2.24, 2.45) is 0 Å². The van der Waals surface area contributed by atoms with Gasteiger partial charge in [-0.1, -0.05) is 54.1 Å². The van der Waals surface area contributed by atoms with Crippen molar-refractivity contribution in [3.05, 3.63) is 94.5 Å². The first-order valence-electron chi connectivity index (χ1n) is 10.2. The number of hydrogen-bond acceptors (Lipinski definition) is 4. The normalized spacial score (nSPS) is 17.5. The number of benzene rings is 3. The van der Waals surface area contributed by atoms with Crippen LogP contribution in [0.3, 0.4) is 0 Å². The summed E-state index contributed by atoms with van der Waals surface area (Å²) in [4.78, 5) is 28.1. The van der Waals surface area contributed by atoms with E-state index >= 15 is 0 Å². The Morgan fingerprint density at radius 1 is 1.03 bits per heavy atom. The summed E-state index contributed by atoms with van der Waals surface area (Å²) in [5, 5.41) is 11.5. The van der Waals surface area contributed by atoms with Crippen molar-refractivity contribution in [3.8, 4) is 5.75 Å². The molecule has 0 spiro atoms. The second-order valence-electron chi connectivity index (χ2n) is 8.00. The van der Waals surface area contributed by atoms with E-state index in [0.717, 1.165) is 16.7 Å². The van der Waals surface area contributed by atoms with Gasteiger partial charge < -0.3 is 14.7 Å². The van der Waals surface area contributed by atoms with Crippen molar-refractivity contribution < 1.29 is 19.4 Å².